The molecule has 294 valence electrons. The Morgan fingerprint density at radius 2 is 1.36 bits per heavy atom. The summed E-state index contributed by atoms with van der Waals surface area (Å²) in [4.78, 5) is 6.59. The van der Waals surface area contributed by atoms with E-state index in [0.717, 1.165) is 69.6 Å². The Morgan fingerprint density at radius 3 is 2.00 bits per heavy atom. The van der Waals surface area contributed by atoms with Crippen LogP contribution in [0.5, 0.6) is 0 Å². The summed E-state index contributed by atoms with van der Waals surface area (Å²) < 4.78 is 19.6. The highest BCUT2D eigenvalue weighted by Crippen LogP contribution is 2.51. The molecule has 0 fully saturated rings. The van der Waals surface area contributed by atoms with E-state index in [1.807, 2.05) is 58.5 Å². The van der Waals surface area contributed by atoms with Gasteiger partial charge >= 0.3 is 0 Å². The molecule has 4 nitrogen and oxygen atoms in total. The standard InChI is InChI=1S/C44H48N4S6.C2H6/c1-8-27(7)22-29-16-12-13-17-30(23-28(9-2)10-3)44(52-51-43(29)26(5)6)38-21-20-37(50-38)35-25-33-32(40-42(35)48-54-46-40)24-34(41-39(33)45-53-47-41)36-19-15-14-18-31(11-4)49-36;1-2/h12-13,16-17,19-21,24-28,31H,8-11,15,22-23H2,1-7H3;1-2H3/b16-12+,17-13+,43-29+,44-30+;. The maximum Gasteiger partial charge on any atom is 0.114 e. The number of fused-ring (bicyclic) bond motifs is 5. The Bertz CT molecular complexity index is 2370. The number of hydrogen-bond donors (Lipinski definition) is 0. The number of benzene rings is 2. The van der Waals surface area contributed by atoms with Crippen LogP contribution in [0.1, 0.15) is 118 Å². The number of thiophene rings is 1. The Kier molecular flexibility index (Phi) is 15.6. The van der Waals surface area contributed by atoms with Crippen LogP contribution in [-0.4, -0.2) is 22.7 Å². The Balaban J connectivity index is 0.00000262. The van der Waals surface area contributed by atoms with Gasteiger partial charge in [0.05, 0.1) is 28.7 Å². The van der Waals surface area contributed by atoms with Crippen molar-refractivity contribution in [3.8, 4) is 22.3 Å². The van der Waals surface area contributed by atoms with Crippen molar-refractivity contribution in [2.24, 2.45) is 17.8 Å². The highest BCUT2D eigenvalue weighted by molar-refractivity contribution is 8.81. The molecule has 2 aromatic carbocycles. The summed E-state index contributed by atoms with van der Waals surface area (Å²) in [6.07, 6.45) is 19.1. The van der Waals surface area contributed by atoms with E-state index in [4.69, 9.17) is 17.5 Å². The van der Waals surface area contributed by atoms with E-state index in [2.05, 4.69) is 115 Å². The number of allylic oxidation sites excluding steroid dienone is 8. The van der Waals surface area contributed by atoms with Crippen molar-refractivity contribution < 1.29 is 0 Å². The van der Waals surface area contributed by atoms with E-state index in [0.29, 0.717) is 17.8 Å². The van der Waals surface area contributed by atoms with Gasteiger partial charge in [-0.25, -0.2) is 0 Å². The Hall–Kier alpha value is -2.65. The first-order valence-corrected chi connectivity index (χ1v) is 25.6. The van der Waals surface area contributed by atoms with Gasteiger partial charge in [-0.1, -0.05) is 145 Å². The van der Waals surface area contributed by atoms with Gasteiger partial charge in [0.1, 0.15) is 22.1 Å². The molecule has 0 bridgehead atoms. The molecule has 0 saturated heterocycles. The van der Waals surface area contributed by atoms with Crippen molar-refractivity contribution in [1.82, 2.24) is 17.5 Å². The molecule has 0 saturated carbocycles. The highest BCUT2D eigenvalue weighted by atomic mass is 33.1. The van der Waals surface area contributed by atoms with Gasteiger partial charge in [0, 0.05) is 52.8 Å². The average molecular weight is 855 g/mol. The van der Waals surface area contributed by atoms with Crippen molar-refractivity contribution in [2.45, 2.75) is 113 Å². The molecule has 3 aromatic heterocycles. The lowest BCUT2D eigenvalue weighted by Gasteiger charge is -2.21. The summed E-state index contributed by atoms with van der Waals surface area (Å²) in [5.41, 5.74) is 8.92. The number of hydrogen-bond acceptors (Lipinski definition) is 10. The molecule has 0 N–H and O–H groups in total. The average Bonchev–Trinajstić information content (AvgIpc) is 3.99. The Labute approximate surface area is 359 Å². The topological polar surface area (TPSA) is 51.6 Å². The lowest BCUT2D eigenvalue weighted by molar-refractivity contribution is 0.493. The molecular formula is C46H54N4S6. The van der Waals surface area contributed by atoms with Crippen molar-refractivity contribution in [1.29, 1.82) is 0 Å². The minimum absolute atomic E-state index is 0.271. The minimum atomic E-state index is 0.271. The summed E-state index contributed by atoms with van der Waals surface area (Å²) in [7, 11) is 3.94. The monoisotopic (exact) mass is 854 g/mol. The number of rotatable bonds is 12. The zero-order chi connectivity index (χ0) is 39.8. The molecule has 7 rings (SSSR count). The van der Waals surface area contributed by atoms with Gasteiger partial charge in [-0.05, 0) is 72.4 Å². The van der Waals surface area contributed by atoms with Crippen LogP contribution in [0.15, 0.2) is 70.7 Å². The fraction of sp³-hybridized carbons (Fsp3) is 0.435. The van der Waals surface area contributed by atoms with Crippen molar-refractivity contribution >= 4 is 111 Å². The summed E-state index contributed by atoms with van der Waals surface area (Å²) >= 11 is 6.30. The summed E-state index contributed by atoms with van der Waals surface area (Å²) in [6.45, 7) is 20.2. The third kappa shape index (κ3) is 9.45. The quantitative estimate of drug-likeness (QED) is 0.0915. The molecule has 5 aromatic rings. The molecule has 2 aliphatic heterocycles. The van der Waals surface area contributed by atoms with E-state index >= 15 is 0 Å². The number of thioether (sulfide) groups is 1. The smallest absolute Gasteiger partial charge is 0.114 e. The largest absolute Gasteiger partial charge is 0.172 e. The predicted octanol–water partition coefficient (Wildman–Crippen LogP) is 16.3. The molecule has 56 heavy (non-hydrogen) atoms. The maximum absolute atomic E-state index is 4.93. The van der Waals surface area contributed by atoms with E-state index < -0.39 is 0 Å². The fourth-order valence-electron chi connectivity index (χ4n) is 7.04. The molecule has 0 radical (unpaired) electrons. The molecule has 2 atom stereocenters. The van der Waals surface area contributed by atoms with Gasteiger partial charge < -0.3 is 0 Å². The molecule has 0 aliphatic carbocycles. The second kappa shape index (κ2) is 20.4. The third-order valence-corrected chi connectivity index (χ3v) is 17.1. The van der Waals surface area contributed by atoms with E-state index in [1.165, 1.54) is 78.3 Å². The summed E-state index contributed by atoms with van der Waals surface area (Å²) in [5.74, 6) is 8.51. The van der Waals surface area contributed by atoms with E-state index in [9.17, 15) is 0 Å². The van der Waals surface area contributed by atoms with Gasteiger partial charge in [0.15, 0.2) is 0 Å². The number of aromatic nitrogens is 4. The molecular weight excluding hydrogens is 801 g/mol. The fourth-order valence-corrected chi connectivity index (χ4v) is 13.7. The highest BCUT2D eigenvalue weighted by Gasteiger charge is 2.24. The third-order valence-electron chi connectivity index (χ3n) is 10.5. The second-order valence-electron chi connectivity index (χ2n) is 14.5. The minimum Gasteiger partial charge on any atom is -0.172 e. The SMILES string of the molecule is CC.CCC(C)CC1=C(/C(C)C)SS\C(c2ccc(-c3cc4c(cc(C5=CCC#CC(CC)S5)c5nsnc54)c4nsnc34)s2)=C(CC(CC)CC)/C=C/C=C/1. The van der Waals surface area contributed by atoms with Gasteiger partial charge in [-0.2, -0.15) is 17.5 Å². The summed E-state index contributed by atoms with van der Waals surface area (Å²) in [6, 6.07) is 9.22. The van der Waals surface area contributed by atoms with Gasteiger partial charge in [0.25, 0.3) is 0 Å². The zero-order valence-electron chi connectivity index (χ0n) is 34.2. The molecule has 10 heteroatoms. The van der Waals surface area contributed by atoms with Gasteiger partial charge in [-0.3, -0.25) is 0 Å². The normalized spacial score (nSPS) is 20.8. The van der Waals surface area contributed by atoms with Crippen LogP contribution < -0.4 is 0 Å². The predicted molar refractivity (Wildman–Crippen MR) is 258 cm³/mol. The van der Waals surface area contributed by atoms with Crippen LogP contribution >= 0.6 is 68.1 Å². The molecule has 0 spiro atoms. The van der Waals surface area contributed by atoms with Crippen LogP contribution in [0.3, 0.4) is 0 Å². The van der Waals surface area contributed by atoms with Gasteiger partial charge in [0.2, 0.25) is 0 Å². The van der Waals surface area contributed by atoms with Crippen molar-refractivity contribution in [2.75, 3.05) is 0 Å². The van der Waals surface area contributed by atoms with Crippen LogP contribution in [-0.2, 0) is 0 Å². The summed E-state index contributed by atoms with van der Waals surface area (Å²) in [5, 5.41) is 2.44. The zero-order valence-corrected chi connectivity index (χ0v) is 39.1. The lowest BCUT2D eigenvalue weighted by atomic mass is 9.93. The second-order valence-corrected chi connectivity index (χ2v) is 20.1. The van der Waals surface area contributed by atoms with Crippen molar-refractivity contribution in [3.63, 3.8) is 0 Å². The van der Waals surface area contributed by atoms with Gasteiger partial charge in [-0.15, -0.1) is 23.1 Å². The molecule has 5 heterocycles. The first-order chi connectivity index (χ1) is 27.3. The van der Waals surface area contributed by atoms with Crippen LogP contribution in [0.2, 0.25) is 0 Å². The van der Waals surface area contributed by atoms with Crippen LogP contribution in [0, 0.1) is 29.6 Å². The molecule has 2 aliphatic rings. The lowest BCUT2D eigenvalue weighted by Crippen LogP contribution is -2.01. The first kappa shape index (κ1) is 42.9. The van der Waals surface area contributed by atoms with Crippen molar-refractivity contribution in [3.05, 3.63) is 81.1 Å². The molecule has 2 unspecified atom stereocenters. The Morgan fingerprint density at radius 1 is 0.732 bits per heavy atom. The maximum atomic E-state index is 4.93. The van der Waals surface area contributed by atoms with Crippen LogP contribution in [0.4, 0.5) is 0 Å². The van der Waals surface area contributed by atoms with Crippen LogP contribution in [0.25, 0.3) is 53.1 Å². The first-order valence-electron chi connectivity index (χ1n) is 20.3. The molecule has 0 amide bonds. The number of nitrogens with zero attached hydrogens (tertiary/aromatic N) is 4. The van der Waals surface area contributed by atoms with E-state index in [1.54, 1.807) is 0 Å². The van der Waals surface area contributed by atoms with E-state index in [-0.39, 0.29) is 5.25 Å².